The number of carbonyl (C=O) groups excluding carboxylic acids is 1. The van der Waals surface area contributed by atoms with Crippen molar-refractivity contribution in [2.24, 2.45) is 0 Å². The molecular formula is C27H25NO6. The highest BCUT2D eigenvalue weighted by Crippen LogP contribution is 2.43. The van der Waals surface area contributed by atoms with Crippen molar-refractivity contribution >= 4 is 17.4 Å². The zero-order chi connectivity index (χ0) is 24.2. The number of methoxy groups -OCH3 is 2. The summed E-state index contributed by atoms with van der Waals surface area (Å²) in [4.78, 5) is 26.1. The molecule has 0 aliphatic carbocycles. The van der Waals surface area contributed by atoms with Gasteiger partial charge in [0.05, 0.1) is 25.8 Å². The van der Waals surface area contributed by atoms with Crippen molar-refractivity contribution in [3.8, 4) is 11.5 Å². The number of aliphatic hydroxyl groups is 1. The molecule has 1 heterocycles. The van der Waals surface area contributed by atoms with Crippen molar-refractivity contribution in [2.75, 3.05) is 20.8 Å². The number of ether oxygens (including phenoxy) is 2. The van der Waals surface area contributed by atoms with Gasteiger partial charge in [-0.2, -0.15) is 0 Å². The van der Waals surface area contributed by atoms with Crippen LogP contribution in [0.1, 0.15) is 33.1 Å². The Morgan fingerprint density at radius 3 is 2.24 bits per heavy atom. The van der Waals surface area contributed by atoms with Crippen molar-refractivity contribution in [1.82, 2.24) is 4.90 Å². The number of carbonyl (C=O) groups is 2. The Morgan fingerprint density at radius 1 is 0.941 bits per heavy atom. The van der Waals surface area contributed by atoms with E-state index in [1.54, 1.807) is 31.3 Å². The number of carboxylic acid groups (broad SMARTS) is 1. The summed E-state index contributed by atoms with van der Waals surface area (Å²) in [5.41, 5.74) is 3.04. The SMILES string of the molecule is COc1ccc(CCN2C(=O)C(O)=C(c3ccccc3)[C@@H]2c2ccc(C(=O)O)cc2)cc1OC. The summed E-state index contributed by atoms with van der Waals surface area (Å²) < 4.78 is 10.7. The van der Waals surface area contributed by atoms with E-state index in [1.165, 1.54) is 12.1 Å². The summed E-state index contributed by atoms with van der Waals surface area (Å²) >= 11 is 0. The van der Waals surface area contributed by atoms with Gasteiger partial charge < -0.3 is 24.6 Å². The molecule has 0 saturated carbocycles. The van der Waals surface area contributed by atoms with E-state index in [4.69, 9.17) is 9.47 Å². The summed E-state index contributed by atoms with van der Waals surface area (Å²) in [7, 11) is 3.14. The van der Waals surface area contributed by atoms with Gasteiger partial charge in [-0.1, -0.05) is 48.5 Å². The number of carboxylic acids is 1. The molecule has 0 saturated heterocycles. The Hall–Kier alpha value is -4.26. The summed E-state index contributed by atoms with van der Waals surface area (Å²) in [6.07, 6.45) is 0.519. The molecule has 1 amide bonds. The molecular weight excluding hydrogens is 434 g/mol. The van der Waals surface area contributed by atoms with Crippen LogP contribution in [0.5, 0.6) is 11.5 Å². The first-order valence-corrected chi connectivity index (χ1v) is 10.8. The minimum Gasteiger partial charge on any atom is -0.503 e. The first kappa shape index (κ1) is 22.9. The van der Waals surface area contributed by atoms with Crippen LogP contribution in [0.2, 0.25) is 0 Å². The van der Waals surface area contributed by atoms with Crippen LogP contribution in [-0.4, -0.2) is 47.8 Å². The summed E-state index contributed by atoms with van der Waals surface area (Å²) in [6.45, 7) is 0.333. The summed E-state index contributed by atoms with van der Waals surface area (Å²) in [5, 5.41) is 20.1. The molecule has 0 aromatic heterocycles. The first-order chi connectivity index (χ1) is 16.4. The van der Waals surface area contributed by atoms with E-state index in [-0.39, 0.29) is 11.3 Å². The molecule has 3 aromatic carbocycles. The van der Waals surface area contributed by atoms with Crippen molar-refractivity contribution in [2.45, 2.75) is 12.5 Å². The van der Waals surface area contributed by atoms with Crippen molar-refractivity contribution in [1.29, 1.82) is 0 Å². The standard InChI is InChI=1S/C27H25NO6/c1-33-21-13-8-17(16-22(21)34-2)14-15-28-24(19-9-11-20(12-10-19)27(31)32)23(25(29)26(28)30)18-6-4-3-5-7-18/h3-13,16,24,29H,14-15H2,1-2H3,(H,31,32)/t24-/m0/s1. The Kier molecular flexibility index (Phi) is 6.54. The minimum atomic E-state index is -1.03. The average molecular weight is 459 g/mol. The zero-order valence-electron chi connectivity index (χ0n) is 18.9. The second-order valence-corrected chi connectivity index (χ2v) is 7.90. The van der Waals surface area contributed by atoms with Crippen LogP contribution in [0.25, 0.3) is 5.57 Å². The largest absolute Gasteiger partial charge is 0.503 e. The van der Waals surface area contributed by atoms with Gasteiger partial charge in [0.1, 0.15) is 0 Å². The molecule has 1 aliphatic rings. The number of rotatable bonds is 8. The van der Waals surface area contributed by atoms with Gasteiger partial charge in [-0.3, -0.25) is 4.79 Å². The predicted molar refractivity (Wildman–Crippen MR) is 127 cm³/mol. The van der Waals surface area contributed by atoms with E-state index in [2.05, 4.69) is 0 Å². The number of amides is 1. The number of aromatic carboxylic acids is 1. The van der Waals surface area contributed by atoms with Gasteiger partial charge in [-0.05, 0) is 47.4 Å². The van der Waals surface area contributed by atoms with E-state index in [0.717, 1.165) is 11.1 Å². The van der Waals surface area contributed by atoms with E-state index in [1.807, 2.05) is 48.5 Å². The molecule has 0 fully saturated rings. The third kappa shape index (κ3) is 4.32. The molecule has 0 radical (unpaired) electrons. The number of benzene rings is 3. The normalized spacial score (nSPS) is 15.5. The fourth-order valence-corrected chi connectivity index (χ4v) is 4.24. The third-order valence-electron chi connectivity index (χ3n) is 5.95. The second kappa shape index (κ2) is 9.70. The zero-order valence-corrected chi connectivity index (χ0v) is 18.9. The molecule has 0 spiro atoms. The van der Waals surface area contributed by atoms with E-state index >= 15 is 0 Å². The molecule has 7 nitrogen and oxygen atoms in total. The van der Waals surface area contributed by atoms with Gasteiger partial charge in [0.25, 0.3) is 5.91 Å². The van der Waals surface area contributed by atoms with Gasteiger partial charge in [0, 0.05) is 12.1 Å². The molecule has 1 atom stereocenters. The van der Waals surface area contributed by atoms with Gasteiger partial charge in [0.15, 0.2) is 17.3 Å². The van der Waals surface area contributed by atoms with Gasteiger partial charge in [-0.25, -0.2) is 4.79 Å². The van der Waals surface area contributed by atoms with E-state index < -0.39 is 17.9 Å². The van der Waals surface area contributed by atoms with Gasteiger partial charge >= 0.3 is 5.97 Å². The van der Waals surface area contributed by atoms with Crippen LogP contribution in [0, 0.1) is 0 Å². The summed E-state index contributed by atoms with van der Waals surface area (Å²) in [5.74, 6) is -0.580. The maximum absolute atomic E-state index is 13.2. The fraction of sp³-hybridized carbons (Fsp3) is 0.185. The van der Waals surface area contributed by atoms with Gasteiger partial charge in [0.2, 0.25) is 0 Å². The quantitative estimate of drug-likeness (QED) is 0.515. The number of aliphatic hydroxyl groups excluding tert-OH is 1. The van der Waals surface area contributed by atoms with Crippen molar-refractivity contribution < 1.29 is 29.3 Å². The Labute approximate surface area is 197 Å². The molecule has 174 valence electrons. The van der Waals surface area contributed by atoms with Crippen LogP contribution >= 0.6 is 0 Å². The lowest BCUT2D eigenvalue weighted by atomic mass is 9.93. The van der Waals surface area contributed by atoms with Crippen molar-refractivity contribution in [3.63, 3.8) is 0 Å². The Balaban J connectivity index is 1.69. The molecule has 3 aromatic rings. The maximum atomic E-state index is 13.2. The Bertz CT molecular complexity index is 1230. The molecule has 4 rings (SSSR count). The number of hydrogen-bond donors (Lipinski definition) is 2. The van der Waals surface area contributed by atoms with Gasteiger partial charge in [-0.15, -0.1) is 0 Å². The van der Waals surface area contributed by atoms with Crippen LogP contribution < -0.4 is 9.47 Å². The lowest BCUT2D eigenvalue weighted by molar-refractivity contribution is -0.129. The van der Waals surface area contributed by atoms with Crippen LogP contribution in [0.4, 0.5) is 0 Å². The number of hydrogen-bond acceptors (Lipinski definition) is 5. The Morgan fingerprint density at radius 2 is 1.62 bits per heavy atom. The molecule has 1 aliphatic heterocycles. The molecule has 0 bridgehead atoms. The van der Waals surface area contributed by atoms with Crippen LogP contribution in [0.15, 0.2) is 78.6 Å². The molecule has 2 N–H and O–H groups in total. The summed E-state index contributed by atoms with van der Waals surface area (Å²) in [6, 6.07) is 20.6. The second-order valence-electron chi connectivity index (χ2n) is 7.90. The smallest absolute Gasteiger partial charge is 0.335 e. The van der Waals surface area contributed by atoms with Crippen LogP contribution in [0.3, 0.4) is 0 Å². The highest BCUT2D eigenvalue weighted by Gasteiger charge is 2.40. The average Bonchev–Trinajstić information content (AvgIpc) is 3.12. The first-order valence-electron chi connectivity index (χ1n) is 10.8. The highest BCUT2D eigenvalue weighted by molar-refractivity contribution is 6.05. The lowest BCUT2D eigenvalue weighted by Crippen LogP contribution is -2.32. The lowest BCUT2D eigenvalue weighted by Gasteiger charge is -2.27. The van der Waals surface area contributed by atoms with E-state index in [9.17, 15) is 19.8 Å². The van der Waals surface area contributed by atoms with Crippen LogP contribution in [-0.2, 0) is 11.2 Å². The minimum absolute atomic E-state index is 0.152. The van der Waals surface area contributed by atoms with Crippen molar-refractivity contribution in [3.05, 3.63) is 101 Å². The molecule has 0 unspecified atom stereocenters. The third-order valence-corrected chi connectivity index (χ3v) is 5.95. The topological polar surface area (TPSA) is 96.3 Å². The fourth-order valence-electron chi connectivity index (χ4n) is 4.24. The number of nitrogens with zero attached hydrogens (tertiary/aromatic N) is 1. The van der Waals surface area contributed by atoms with E-state index in [0.29, 0.717) is 35.6 Å². The molecule has 7 heteroatoms. The molecule has 34 heavy (non-hydrogen) atoms. The predicted octanol–water partition coefficient (Wildman–Crippen LogP) is 4.50. The maximum Gasteiger partial charge on any atom is 0.335 e. The monoisotopic (exact) mass is 459 g/mol. The highest BCUT2D eigenvalue weighted by atomic mass is 16.5.